The smallest absolute Gasteiger partial charge is 0.326 e. The fraction of sp³-hybridized carbons (Fsp3) is 0.250. The zero-order chi connectivity index (χ0) is 19.8. The molecule has 0 aliphatic rings. The van der Waals surface area contributed by atoms with E-state index >= 15 is 0 Å². The Morgan fingerprint density at radius 2 is 1.70 bits per heavy atom. The van der Waals surface area contributed by atoms with Gasteiger partial charge in [-0.3, -0.25) is 9.59 Å². The average molecular weight is 370 g/mol. The lowest BCUT2D eigenvalue weighted by molar-refractivity contribution is -0.139. The summed E-state index contributed by atoms with van der Waals surface area (Å²) in [6.45, 7) is 1.84. The van der Waals surface area contributed by atoms with Crippen molar-refractivity contribution in [3.05, 3.63) is 59.7 Å². The van der Waals surface area contributed by atoms with Crippen molar-refractivity contribution in [2.45, 2.75) is 25.8 Å². The zero-order valence-electron chi connectivity index (χ0n) is 15.2. The van der Waals surface area contributed by atoms with Gasteiger partial charge in [-0.25, -0.2) is 4.79 Å². The van der Waals surface area contributed by atoms with Crippen LogP contribution in [-0.2, 0) is 4.79 Å². The number of carboxylic acid groups (broad SMARTS) is 1. The number of carboxylic acids is 1. The predicted molar refractivity (Wildman–Crippen MR) is 101 cm³/mol. The molecule has 3 N–H and O–H groups in total. The standard InChI is InChI=1S/C20H22N2O5/c1-3-6-17(20(25)26)22-19(24)15-7-4-5-8-16(15)21-18(23)13-9-11-14(27-2)12-10-13/h4-5,7-12,17H,3,6H2,1-2H3,(H,21,23)(H,22,24)(H,25,26). The van der Waals surface area contributed by atoms with E-state index in [-0.39, 0.29) is 11.5 Å². The molecule has 2 aromatic carbocycles. The second-order valence-electron chi connectivity index (χ2n) is 5.88. The van der Waals surface area contributed by atoms with Gasteiger partial charge in [-0.2, -0.15) is 0 Å². The molecule has 0 aliphatic heterocycles. The molecule has 0 saturated heterocycles. The molecule has 2 rings (SSSR count). The second-order valence-corrected chi connectivity index (χ2v) is 5.88. The van der Waals surface area contributed by atoms with E-state index in [2.05, 4.69) is 10.6 Å². The first-order valence-electron chi connectivity index (χ1n) is 8.54. The number of ether oxygens (including phenoxy) is 1. The van der Waals surface area contributed by atoms with Crippen molar-refractivity contribution in [3.8, 4) is 5.75 Å². The maximum atomic E-state index is 12.5. The van der Waals surface area contributed by atoms with Gasteiger partial charge in [-0.1, -0.05) is 25.5 Å². The molecular weight excluding hydrogens is 348 g/mol. The Bertz CT molecular complexity index is 817. The molecule has 0 aromatic heterocycles. The Hall–Kier alpha value is -3.35. The quantitative estimate of drug-likeness (QED) is 0.663. The highest BCUT2D eigenvalue weighted by Gasteiger charge is 2.21. The number of benzene rings is 2. The van der Waals surface area contributed by atoms with E-state index in [9.17, 15) is 19.5 Å². The first-order chi connectivity index (χ1) is 13.0. The molecule has 0 saturated carbocycles. The van der Waals surface area contributed by atoms with Crippen molar-refractivity contribution in [3.63, 3.8) is 0 Å². The number of hydrogen-bond donors (Lipinski definition) is 3. The number of carbonyl (C=O) groups excluding carboxylic acids is 2. The molecule has 27 heavy (non-hydrogen) atoms. The summed E-state index contributed by atoms with van der Waals surface area (Å²) >= 11 is 0. The molecule has 1 atom stereocenters. The van der Waals surface area contributed by atoms with E-state index < -0.39 is 17.9 Å². The molecule has 7 nitrogen and oxygen atoms in total. The molecule has 0 bridgehead atoms. The lowest BCUT2D eigenvalue weighted by Gasteiger charge is -2.16. The monoisotopic (exact) mass is 370 g/mol. The molecular formula is C20H22N2O5. The molecule has 2 aromatic rings. The van der Waals surface area contributed by atoms with Crippen LogP contribution in [0.15, 0.2) is 48.5 Å². The summed E-state index contributed by atoms with van der Waals surface area (Å²) in [6, 6.07) is 12.0. The first kappa shape index (κ1) is 20.0. The van der Waals surface area contributed by atoms with Gasteiger partial charge < -0.3 is 20.5 Å². The minimum absolute atomic E-state index is 0.196. The predicted octanol–water partition coefficient (Wildman–Crippen LogP) is 2.93. The number of amides is 2. The average Bonchev–Trinajstić information content (AvgIpc) is 2.67. The number of aliphatic carboxylic acids is 1. The fourth-order valence-electron chi connectivity index (χ4n) is 2.51. The molecule has 0 spiro atoms. The summed E-state index contributed by atoms with van der Waals surface area (Å²) < 4.78 is 5.06. The molecule has 7 heteroatoms. The van der Waals surface area contributed by atoms with E-state index in [1.165, 1.54) is 13.2 Å². The van der Waals surface area contributed by atoms with Crippen LogP contribution in [0.1, 0.15) is 40.5 Å². The molecule has 0 heterocycles. The van der Waals surface area contributed by atoms with Crippen molar-refractivity contribution < 1.29 is 24.2 Å². The van der Waals surface area contributed by atoms with Gasteiger partial charge in [0.15, 0.2) is 0 Å². The number of para-hydroxylation sites is 1. The van der Waals surface area contributed by atoms with Gasteiger partial charge in [-0.05, 0) is 42.8 Å². The van der Waals surface area contributed by atoms with Gasteiger partial charge >= 0.3 is 5.97 Å². The van der Waals surface area contributed by atoms with Crippen molar-refractivity contribution in [2.75, 3.05) is 12.4 Å². The number of hydrogen-bond acceptors (Lipinski definition) is 4. The SMILES string of the molecule is CCCC(NC(=O)c1ccccc1NC(=O)c1ccc(OC)cc1)C(=O)O. The van der Waals surface area contributed by atoms with Gasteiger partial charge in [0, 0.05) is 5.56 Å². The lowest BCUT2D eigenvalue weighted by Crippen LogP contribution is -2.40. The molecule has 0 fully saturated rings. The number of nitrogens with one attached hydrogen (secondary N) is 2. The minimum Gasteiger partial charge on any atom is -0.497 e. The Labute approximate surface area is 157 Å². The van der Waals surface area contributed by atoms with Gasteiger partial charge in [0.25, 0.3) is 11.8 Å². The van der Waals surface area contributed by atoms with Gasteiger partial charge in [0.2, 0.25) is 0 Å². The third-order valence-corrected chi connectivity index (χ3v) is 3.95. The molecule has 0 aliphatic carbocycles. The number of methoxy groups -OCH3 is 1. The van der Waals surface area contributed by atoms with Gasteiger partial charge in [0.05, 0.1) is 18.4 Å². The topological polar surface area (TPSA) is 105 Å². The normalized spacial score (nSPS) is 11.3. The van der Waals surface area contributed by atoms with Crippen LogP contribution in [0.5, 0.6) is 5.75 Å². The summed E-state index contributed by atoms with van der Waals surface area (Å²) in [4.78, 5) is 36.2. The third kappa shape index (κ3) is 5.31. The van der Waals surface area contributed by atoms with Crippen LogP contribution in [0.3, 0.4) is 0 Å². The van der Waals surface area contributed by atoms with Crippen molar-refractivity contribution >= 4 is 23.5 Å². The summed E-state index contributed by atoms with van der Waals surface area (Å²) in [7, 11) is 1.53. The highest BCUT2D eigenvalue weighted by atomic mass is 16.5. The van der Waals surface area contributed by atoms with Crippen LogP contribution >= 0.6 is 0 Å². The summed E-state index contributed by atoms with van der Waals surface area (Å²) in [5, 5.41) is 14.4. The number of anilines is 1. The molecule has 142 valence electrons. The molecule has 1 unspecified atom stereocenters. The molecule has 0 radical (unpaired) electrons. The first-order valence-corrected chi connectivity index (χ1v) is 8.54. The Morgan fingerprint density at radius 1 is 1.04 bits per heavy atom. The van der Waals surface area contributed by atoms with E-state index in [4.69, 9.17) is 4.74 Å². The maximum absolute atomic E-state index is 12.5. The fourth-order valence-corrected chi connectivity index (χ4v) is 2.51. The third-order valence-electron chi connectivity index (χ3n) is 3.95. The number of rotatable bonds is 8. The summed E-state index contributed by atoms with van der Waals surface area (Å²) in [6.07, 6.45) is 0.939. The van der Waals surface area contributed by atoms with Crippen molar-refractivity contribution in [1.29, 1.82) is 0 Å². The Balaban J connectivity index is 2.17. The number of carbonyl (C=O) groups is 3. The van der Waals surface area contributed by atoms with E-state index in [0.717, 1.165) is 0 Å². The van der Waals surface area contributed by atoms with Crippen molar-refractivity contribution in [1.82, 2.24) is 5.32 Å². The Kier molecular flexibility index (Phi) is 6.93. The van der Waals surface area contributed by atoms with Crippen LogP contribution in [0.4, 0.5) is 5.69 Å². The highest BCUT2D eigenvalue weighted by molar-refractivity contribution is 6.09. The Morgan fingerprint density at radius 3 is 2.30 bits per heavy atom. The van der Waals surface area contributed by atoms with Gasteiger partial charge in [-0.15, -0.1) is 0 Å². The van der Waals surface area contributed by atoms with E-state index in [1.807, 2.05) is 6.92 Å². The largest absolute Gasteiger partial charge is 0.497 e. The van der Waals surface area contributed by atoms with Crippen LogP contribution < -0.4 is 15.4 Å². The van der Waals surface area contributed by atoms with E-state index in [1.54, 1.807) is 42.5 Å². The van der Waals surface area contributed by atoms with Crippen LogP contribution in [0.25, 0.3) is 0 Å². The minimum atomic E-state index is -1.09. The van der Waals surface area contributed by atoms with Crippen LogP contribution in [0, 0.1) is 0 Å². The molecule has 2 amide bonds. The highest BCUT2D eigenvalue weighted by Crippen LogP contribution is 2.18. The van der Waals surface area contributed by atoms with Crippen LogP contribution in [0.2, 0.25) is 0 Å². The van der Waals surface area contributed by atoms with E-state index in [0.29, 0.717) is 29.8 Å². The van der Waals surface area contributed by atoms with Crippen molar-refractivity contribution in [2.24, 2.45) is 0 Å². The summed E-state index contributed by atoms with van der Waals surface area (Å²) in [5.74, 6) is -1.41. The summed E-state index contributed by atoms with van der Waals surface area (Å²) in [5.41, 5.74) is 0.901. The zero-order valence-corrected chi connectivity index (χ0v) is 15.2. The van der Waals surface area contributed by atoms with Gasteiger partial charge in [0.1, 0.15) is 11.8 Å². The van der Waals surface area contributed by atoms with Crippen LogP contribution in [-0.4, -0.2) is 36.0 Å². The lowest BCUT2D eigenvalue weighted by atomic mass is 10.1. The maximum Gasteiger partial charge on any atom is 0.326 e. The second kappa shape index (κ2) is 9.38.